The molecule has 5 nitrogen and oxygen atoms in total. The highest BCUT2D eigenvalue weighted by Gasteiger charge is 2.36. The number of aliphatic carboxylic acids is 1. The summed E-state index contributed by atoms with van der Waals surface area (Å²) in [5.41, 5.74) is 0. The summed E-state index contributed by atoms with van der Waals surface area (Å²) in [5, 5.41) is 12.0. The molecule has 2 aliphatic rings. The average Bonchev–Trinajstić information content (AvgIpc) is 2.92. The number of carbonyl (C=O) groups is 2. The minimum atomic E-state index is -1.33. The van der Waals surface area contributed by atoms with Crippen LogP contribution in [0.25, 0.3) is 0 Å². The van der Waals surface area contributed by atoms with Crippen molar-refractivity contribution >= 4 is 11.9 Å². The van der Waals surface area contributed by atoms with Crippen LogP contribution in [0.15, 0.2) is 0 Å². The second-order valence-electron chi connectivity index (χ2n) is 4.29. The van der Waals surface area contributed by atoms with E-state index in [2.05, 4.69) is 5.32 Å². The SMILES string of the molecule is O=C(O)C(=O)N(C[C@@H]1CCCN1)C1CC1. The molecule has 0 unspecified atom stereocenters. The van der Waals surface area contributed by atoms with Gasteiger partial charge in [0.1, 0.15) is 0 Å². The Hall–Kier alpha value is -1.10. The third kappa shape index (κ3) is 2.47. The second-order valence-corrected chi connectivity index (χ2v) is 4.29. The van der Waals surface area contributed by atoms with Gasteiger partial charge in [0.2, 0.25) is 0 Å². The van der Waals surface area contributed by atoms with Gasteiger partial charge in [-0.15, -0.1) is 0 Å². The Morgan fingerprint density at radius 1 is 1.33 bits per heavy atom. The van der Waals surface area contributed by atoms with Crippen molar-refractivity contribution in [2.24, 2.45) is 0 Å². The van der Waals surface area contributed by atoms with Crippen molar-refractivity contribution in [3.05, 3.63) is 0 Å². The lowest BCUT2D eigenvalue weighted by Crippen LogP contribution is -2.45. The third-order valence-electron chi connectivity index (χ3n) is 3.01. The van der Waals surface area contributed by atoms with E-state index in [1.807, 2.05) is 0 Å². The lowest BCUT2D eigenvalue weighted by atomic mass is 10.2. The average molecular weight is 212 g/mol. The van der Waals surface area contributed by atoms with E-state index in [0.717, 1.165) is 32.2 Å². The minimum absolute atomic E-state index is 0.177. The zero-order valence-electron chi connectivity index (χ0n) is 8.61. The molecular weight excluding hydrogens is 196 g/mol. The van der Waals surface area contributed by atoms with Gasteiger partial charge >= 0.3 is 11.9 Å². The third-order valence-corrected chi connectivity index (χ3v) is 3.01. The van der Waals surface area contributed by atoms with E-state index in [9.17, 15) is 9.59 Å². The van der Waals surface area contributed by atoms with Gasteiger partial charge in [0.05, 0.1) is 0 Å². The fraction of sp³-hybridized carbons (Fsp3) is 0.800. The Morgan fingerprint density at radius 3 is 2.53 bits per heavy atom. The normalized spacial score (nSPS) is 25.2. The van der Waals surface area contributed by atoms with Crippen LogP contribution in [0, 0.1) is 0 Å². The summed E-state index contributed by atoms with van der Waals surface area (Å²) in [4.78, 5) is 23.6. The maximum atomic E-state index is 11.4. The molecule has 1 heterocycles. The second kappa shape index (κ2) is 4.18. The first-order valence-corrected chi connectivity index (χ1v) is 5.46. The molecule has 0 radical (unpaired) electrons. The van der Waals surface area contributed by atoms with E-state index in [0.29, 0.717) is 6.54 Å². The summed E-state index contributed by atoms with van der Waals surface area (Å²) in [6.45, 7) is 1.53. The zero-order valence-corrected chi connectivity index (χ0v) is 8.61. The lowest BCUT2D eigenvalue weighted by Gasteiger charge is -2.23. The molecule has 0 aromatic rings. The van der Waals surface area contributed by atoms with E-state index >= 15 is 0 Å². The molecule has 2 N–H and O–H groups in total. The number of carboxylic acids is 1. The molecule has 1 aliphatic carbocycles. The highest BCUT2D eigenvalue weighted by molar-refractivity contribution is 6.31. The first-order valence-electron chi connectivity index (χ1n) is 5.46. The Morgan fingerprint density at radius 2 is 2.07 bits per heavy atom. The van der Waals surface area contributed by atoms with Gasteiger partial charge in [-0.25, -0.2) is 4.79 Å². The molecule has 0 spiro atoms. The van der Waals surface area contributed by atoms with Crippen molar-refractivity contribution in [2.75, 3.05) is 13.1 Å². The molecule has 2 rings (SSSR count). The van der Waals surface area contributed by atoms with Crippen LogP contribution >= 0.6 is 0 Å². The number of carboxylic acid groups (broad SMARTS) is 1. The number of carbonyl (C=O) groups excluding carboxylic acids is 1. The highest BCUT2D eigenvalue weighted by Crippen LogP contribution is 2.27. The van der Waals surface area contributed by atoms with Crippen molar-refractivity contribution in [1.29, 1.82) is 0 Å². The molecule has 1 aliphatic heterocycles. The van der Waals surface area contributed by atoms with Crippen molar-refractivity contribution in [1.82, 2.24) is 10.2 Å². The minimum Gasteiger partial charge on any atom is -0.474 e. The largest absolute Gasteiger partial charge is 0.474 e. The maximum absolute atomic E-state index is 11.4. The van der Waals surface area contributed by atoms with Crippen LogP contribution in [0.4, 0.5) is 0 Å². The van der Waals surface area contributed by atoms with Crippen molar-refractivity contribution in [3.8, 4) is 0 Å². The fourth-order valence-electron chi connectivity index (χ4n) is 2.06. The van der Waals surface area contributed by atoms with Gasteiger partial charge in [-0.2, -0.15) is 0 Å². The Balaban J connectivity index is 1.93. The van der Waals surface area contributed by atoms with Crippen LogP contribution < -0.4 is 5.32 Å². The van der Waals surface area contributed by atoms with Crippen molar-refractivity contribution in [3.63, 3.8) is 0 Å². The van der Waals surface area contributed by atoms with Crippen LogP contribution in [-0.2, 0) is 9.59 Å². The molecule has 1 amide bonds. The lowest BCUT2D eigenvalue weighted by molar-refractivity contribution is -0.156. The molecule has 0 aromatic heterocycles. The van der Waals surface area contributed by atoms with Crippen molar-refractivity contribution in [2.45, 2.75) is 37.8 Å². The zero-order chi connectivity index (χ0) is 10.8. The molecule has 1 atom stereocenters. The molecule has 5 heteroatoms. The standard InChI is InChI=1S/C10H16N2O3/c13-9(10(14)15)12(8-3-4-8)6-7-2-1-5-11-7/h7-8,11H,1-6H2,(H,14,15)/t7-/m0/s1. The number of hydrogen-bond donors (Lipinski definition) is 2. The molecule has 15 heavy (non-hydrogen) atoms. The van der Waals surface area contributed by atoms with Gasteiger partial charge in [0.15, 0.2) is 0 Å². The molecule has 0 aromatic carbocycles. The molecule has 1 saturated carbocycles. The summed E-state index contributed by atoms with van der Waals surface area (Å²) in [6, 6.07) is 0.463. The smallest absolute Gasteiger partial charge is 0.394 e. The van der Waals surface area contributed by atoms with E-state index in [4.69, 9.17) is 5.11 Å². The number of nitrogens with zero attached hydrogens (tertiary/aromatic N) is 1. The molecular formula is C10H16N2O3. The van der Waals surface area contributed by atoms with Crippen LogP contribution in [0.1, 0.15) is 25.7 Å². The molecule has 0 bridgehead atoms. The predicted octanol–water partition coefficient (Wildman–Crippen LogP) is -0.186. The summed E-state index contributed by atoms with van der Waals surface area (Å²) < 4.78 is 0. The first kappa shape index (κ1) is 10.4. The summed E-state index contributed by atoms with van der Waals surface area (Å²) in [5.74, 6) is -2.08. The van der Waals surface area contributed by atoms with Crippen LogP contribution in [0.3, 0.4) is 0 Å². The first-order chi connectivity index (χ1) is 7.18. The van der Waals surface area contributed by atoms with Crippen LogP contribution in [0.5, 0.6) is 0 Å². The van der Waals surface area contributed by atoms with E-state index in [1.165, 1.54) is 4.90 Å². The summed E-state index contributed by atoms with van der Waals surface area (Å²) in [7, 11) is 0. The Bertz CT molecular complexity index is 270. The van der Waals surface area contributed by atoms with E-state index in [-0.39, 0.29) is 12.1 Å². The molecule has 1 saturated heterocycles. The van der Waals surface area contributed by atoms with Gasteiger partial charge in [-0.3, -0.25) is 4.79 Å². The number of amides is 1. The van der Waals surface area contributed by atoms with Crippen LogP contribution in [-0.4, -0.2) is 47.1 Å². The maximum Gasteiger partial charge on any atom is 0.394 e. The highest BCUT2D eigenvalue weighted by atomic mass is 16.4. The summed E-state index contributed by atoms with van der Waals surface area (Å²) >= 11 is 0. The predicted molar refractivity (Wildman–Crippen MR) is 53.4 cm³/mol. The molecule has 2 fully saturated rings. The fourth-order valence-corrected chi connectivity index (χ4v) is 2.06. The quantitative estimate of drug-likeness (QED) is 0.636. The monoisotopic (exact) mass is 212 g/mol. The Kier molecular flexibility index (Phi) is 2.90. The number of hydrogen-bond acceptors (Lipinski definition) is 3. The van der Waals surface area contributed by atoms with Gasteiger partial charge in [-0.1, -0.05) is 0 Å². The van der Waals surface area contributed by atoms with Crippen molar-refractivity contribution < 1.29 is 14.7 Å². The van der Waals surface area contributed by atoms with Gasteiger partial charge in [-0.05, 0) is 32.2 Å². The van der Waals surface area contributed by atoms with E-state index in [1.54, 1.807) is 0 Å². The molecule has 84 valence electrons. The summed E-state index contributed by atoms with van der Waals surface area (Å²) in [6.07, 6.45) is 4.05. The number of nitrogens with one attached hydrogen (secondary N) is 1. The number of rotatable bonds is 3. The Labute approximate surface area is 88.4 Å². The van der Waals surface area contributed by atoms with Crippen LogP contribution in [0.2, 0.25) is 0 Å². The van der Waals surface area contributed by atoms with Gasteiger partial charge < -0.3 is 15.3 Å². The topological polar surface area (TPSA) is 69.6 Å². The van der Waals surface area contributed by atoms with E-state index < -0.39 is 11.9 Å². The van der Waals surface area contributed by atoms with Gasteiger partial charge in [0.25, 0.3) is 0 Å². The van der Waals surface area contributed by atoms with Gasteiger partial charge in [0, 0.05) is 18.6 Å².